The van der Waals surface area contributed by atoms with Crippen molar-refractivity contribution in [2.75, 3.05) is 7.05 Å². The van der Waals surface area contributed by atoms with E-state index in [0.29, 0.717) is 0 Å². The second-order valence-corrected chi connectivity index (χ2v) is 4.84. The van der Waals surface area contributed by atoms with Gasteiger partial charge in [-0.05, 0) is 27.7 Å². The minimum atomic E-state index is -0.528. The molecule has 0 aromatic carbocycles. The molecule has 2 amide bonds. The molecule has 1 unspecified atom stereocenters. The van der Waals surface area contributed by atoms with Gasteiger partial charge < -0.3 is 15.4 Å². The lowest BCUT2D eigenvalue weighted by Gasteiger charge is -2.24. The molecule has 0 spiro atoms. The van der Waals surface area contributed by atoms with E-state index in [1.165, 1.54) is 0 Å². The minimum Gasteiger partial charge on any atom is -0.444 e. The lowest BCUT2D eigenvalue weighted by Crippen LogP contribution is -2.44. The monoisotopic (exact) mass is 230 g/mol. The van der Waals surface area contributed by atoms with E-state index in [1.807, 2.05) is 0 Å². The van der Waals surface area contributed by atoms with E-state index in [4.69, 9.17) is 4.74 Å². The highest BCUT2D eigenvalue weighted by Gasteiger charge is 2.23. The Morgan fingerprint density at radius 1 is 1.19 bits per heavy atom. The van der Waals surface area contributed by atoms with Crippen LogP contribution in [0.5, 0.6) is 0 Å². The van der Waals surface area contributed by atoms with Gasteiger partial charge in [0.2, 0.25) is 5.91 Å². The number of ether oxygens (including phenoxy) is 1. The molecule has 2 atom stereocenters. The summed E-state index contributed by atoms with van der Waals surface area (Å²) in [6.45, 7) is 8.89. The van der Waals surface area contributed by atoms with Crippen LogP contribution in [-0.4, -0.2) is 30.7 Å². The molecular weight excluding hydrogens is 208 g/mol. The van der Waals surface area contributed by atoms with Gasteiger partial charge in [0.1, 0.15) is 5.60 Å². The predicted molar refractivity (Wildman–Crippen MR) is 62.1 cm³/mol. The maximum Gasteiger partial charge on any atom is 0.407 e. The molecule has 0 aromatic heterocycles. The molecule has 0 aliphatic carbocycles. The number of alkyl carbamates (subject to hydrolysis) is 1. The lowest BCUT2D eigenvalue weighted by atomic mass is 10.0. The first-order valence-corrected chi connectivity index (χ1v) is 5.38. The Labute approximate surface area is 96.9 Å². The molecule has 16 heavy (non-hydrogen) atoms. The molecule has 2 N–H and O–H groups in total. The van der Waals surface area contributed by atoms with Crippen molar-refractivity contribution in [3.63, 3.8) is 0 Å². The summed E-state index contributed by atoms with van der Waals surface area (Å²) in [5, 5.41) is 5.17. The smallest absolute Gasteiger partial charge is 0.407 e. The molecule has 0 heterocycles. The Kier molecular flexibility index (Phi) is 5.27. The predicted octanol–water partition coefficient (Wildman–Crippen LogP) is 1.28. The van der Waals surface area contributed by atoms with Gasteiger partial charge in [-0.2, -0.15) is 0 Å². The zero-order chi connectivity index (χ0) is 12.9. The van der Waals surface area contributed by atoms with Crippen LogP contribution >= 0.6 is 0 Å². The third-order valence-corrected chi connectivity index (χ3v) is 2.15. The topological polar surface area (TPSA) is 67.4 Å². The SMILES string of the molecule is CNC(=O)[C@@H](C)C(C)NC(=O)OC(C)(C)C. The van der Waals surface area contributed by atoms with E-state index in [-0.39, 0.29) is 17.9 Å². The van der Waals surface area contributed by atoms with Crippen molar-refractivity contribution in [3.8, 4) is 0 Å². The van der Waals surface area contributed by atoms with Gasteiger partial charge in [0.15, 0.2) is 0 Å². The van der Waals surface area contributed by atoms with E-state index in [1.54, 1.807) is 41.7 Å². The molecular formula is C11H22N2O3. The van der Waals surface area contributed by atoms with Gasteiger partial charge in [-0.25, -0.2) is 4.79 Å². The van der Waals surface area contributed by atoms with Crippen LogP contribution in [0.1, 0.15) is 34.6 Å². The van der Waals surface area contributed by atoms with Crippen LogP contribution in [0.2, 0.25) is 0 Å². The third-order valence-electron chi connectivity index (χ3n) is 2.15. The van der Waals surface area contributed by atoms with Crippen molar-refractivity contribution >= 4 is 12.0 Å². The summed E-state index contributed by atoms with van der Waals surface area (Å²) < 4.78 is 5.09. The Bertz CT molecular complexity index is 258. The van der Waals surface area contributed by atoms with Gasteiger partial charge in [0.05, 0.1) is 5.92 Å². The Morgan fingerprint density at radius 2 is 1.69 bits per heavy atom. The largest absolute Gasteiger partial charge is 0.444 e. The first-order chi connectivity index (χ1) is 7.17. The van der Waals surface area contributed by atoms with E-state index in [9.17, 15) is 9.59 Å². The minimum absolute atomic E-state index is 0.108. The van der Waals surface area contributed by atoms with E-state index < -0.39 is 11.7 Å². The van der Waals surface area contributed by atoms with Crippen LogP contribution in [0.15, 0.2) is 0 Å². The van der Waals surface area contributed by atoms with Crippen molar-refractivity contribution < 1.29 is 14.3 Å². The summed E-state index contributed by atoms with van der Waals surface area (Å²) in [6, 6.07) is -0.269. The van der Waals surface area contributed by atoms with Crippen molar-refractivity contribution in [2.24, 2.45) is 5.92 Å². The van der Waals surface area contributed by atoms with Gasteiger partial charge in [-0.1, -0.05) is 6.92 Å². The number of amides is 2. The maximum atomic E-state index is 11.4. The molecule has 5 heteroatoms. The third kappa shape index (κ3) is 5.58. The number of hydrogen-bond donors (Lipinski definition) is 2. The quantitative estimate of drug-likeness (QED) is 0.767. The molecule has 0 radical (unpaired) electrons. The molecule has 94 valence electrons. The Hall–Kier alpha value is -1.26. The fourth-order valence-corrected chi connectivity index (χ4v) is 1.07. The summed E-state index contributed by atoms with van der Waals surface area (Å²) in [6.07, 6.45) is -0.504. The lowest BCUT2D eigenvalue weighted by molar-refractivity contribution is -0.124. The van der Waals surface area contributed by atoms with Crippen molar-refractivity contribution in [2.45, 2.75) is 46.3 Å². The summed E-state index contributed by atoms with van der Waals surface area (Å²) in [5.74, 6) is -0.402. The standard InChI is InChI=1S/C11H22N2O3/c1-7(9(14)12-6)8(2)13-10(15)16-11(3,4)5/h7-8H,1-6H3,(H,12,14)(H,13,15)/t7-,8?/m0/s1. The van der Waals surface area contributed by atoms with Gasteiger partial charge >= 0.3 is 6.09 Å². The fraction of sp³-hybridized carbons (Fsp3) is 0.818. The summed E-state index contributed by atoms with van der Waals surface area (Å²) >= 11 is 0. The summed E-state index contributed by atoms with van der Waals surface area (Å²) in [7, 11) is 1.57. The van der Waals surface area contributed by atoms with Gasteiger partial charge in [-0.3, -0.25) is 4.79 Å². The van der Waals surface area contributed by atoms with Crippen molar-refractivity contribution in [1.29, 1.82) is 0 Å². The highest BCUT2D eigenvalue weighted by molar-refractivity contribution is 5.79. The van der Waals surface area contributed by atoms with E-state index in [0.717, 1.165) is 0 Å². The zero-order valence-electron chi connectivity index (χ0n) is 10.9. The van der Waals surface area contributed by atoms with Crippen molar-refractivity contribution in [3.05, 3.63) is 0 Å². The highest BCUT2D eigenvalue weighted by atomic mass is 16.6. The van der Waals surface area contributed by atoms with Gasteiger partial charge in [-0.15, -0.1) is 0 Å². The first kappa shape index (κ1) is 14.7. The number of nitrogens with one attached hydrogen (secondary N) is 2. The normalized spacial score (nSPS) is 14.9. The second kappa shape index (κ2) is 5.72. The summed E-state index contributed by atoms with van der Waals surface area (Å²) in [5.41, 5.74) is -0.528. The average Bonchev–Trinajstić information content (AvgIpc) is 2.12. The molecule has 0 aliphatic heterocycles. The van der Waals surface area contributed by atoms with E-state index in [2.05, 4.69) is 10.6 Å². The molecule has 0 fully saturated rings. The molecule has 0 rings (SSSR count). The molecule has 0 aliphatic rings. The number of hydrogen-bond acceptors (Lipinski definition) is 3. The number of carbonyl (C=O) groups is 2. The van der Waals surface area contributed by atoms with Crippen LogP contribution in [-0.2, 0) is 9.53 Å². The summed E-state index contributed by atoms with van der Waals surface area (Å²) in [4.78, 5) is 22.7. The molecule has 5 nitrogen and oxygen atoms in total. The van der Waals surface area contributed by atoms with Crippen LogP contribution in [0.3, 0.4) is 0 Å². The maximum absolute atomic E-state index is 11.4. The molecule has 0 saturated heterocycles. The molecule has 0 aromatic rings. The van der Waals surface area contributed by atoms with Crippen LogP contribution < -0.4 is 10.6 Å². The zero-order valence-corrected chi connectivity index (χ0v) is 10.9. The van der Waals surface area contributed by atoms with Gasteiger partial charge in [0, 0.05) is 13.1 Å². The van der Waals surface area contributed by atoms with Gasteiger partial charge in [0.25, 0.3) is 0 Å². The Balaban J connectivity index is 4.19. The van der Waals surface area contributed by atoms with Crippen LogP contribution in [0.25, 0.3) is 0 Å². The number of rotatable bonds is 3. The van der Waals surface area contributed by atoms with Crippen LogP contribution in [0.4, 0.5) is 4.79 Å². The van der Waals surface area contributed by atoms with Crippen molar-refractivity contribution in [1.82, 2.24) is 10.6 Å². The molecule has 0 saturated carbocycles. The molecule has 0 bridgehead atoms. The van der Waals surface area contributed by atoms with E-state index >= 15 is 0 Å². The number of carbonyl (C=O) groups excluding carboxylic acids is 2. The Morgan fingerprint density at radius 3 is 2.06 bits per heavy atom. The first-order valence-electron chi connectivity index (χ1n) is 5.38. The fourth-order valence-electron chi connectivity index (χ4n) is 1.07. The highest BCUT2D eigenvalue weighted by Crippen LogP contribution is 2.08. The van der Waals surface area contributed by atoms with Crippen LogP contribution in [0, 0.1) is 5.92 Å². The average molecular weight is 230 g/mol. The second-order valence-electron chi connectivity index (χ2n) is 4.84.